The molecule has 2 rings (SSSR count). The fraction of sp³-hybridized carbons (Fsp3) is 0.545. The van der Waals surface area contributed by atoms with Gasteiger partial charge in [-0.3, -0.25) is 9.59 Å². The molecular weight excluding hydrogens is 240 g/mol. The smallest absolute Gasteiger partial charge is 0.306 e. The van der Waals surface area contributed by atoms with Crippen molar-refractivity contribution in [2.24, 2.45) is 11.8 Å². The summed E-state index contributed by atoms with van der Waals surface area (Å²) < 4.78 is 0. The van der Waals surface area contributed by atoms with E-state index < -0.39 is 5.97 Å². The Bertz CT molecular complexity index is 405. The Morgan fingerprint density at radius 2 is 2.24 bits per heavy atom. The van der Waals surface area contributed by atoms with E-state index in [1.165, 1.54) is 11.3 Å². The molecule has 0 aliphatic heterocycles. The minimum Gasteiger partial charge on any atom is -0.481 e. The predicted octanol–water partition coefficient (Wildman–Crippen LogP) is 1.26. The van der Waals surface area contributed by atoms with Crippen LogP contribution in [0.2, 0.25) is 0 Å². The lowest BCUT2D eigenvalue weighted by molar-refractivity contribution is -0.141. The molecule has 0 saturated heterocycles. The first-order valence-corrected chi connectivity index (χ1v) is 6.43. The van der Waals surface area contributed by atoms with Crippen LogP contribution in [0.5, 0.6) is 0 Å². The van der Waals surface area contributed by atoms with Crippen molar-refractivity contribution in [1.82, 2.24) is 10.3 Å². The first kappa shape index (κ1) is 12.0. The zero-order valence-corrected chi connectivity index (χ0v) is 10.1. The Balaban J connectivity index is 1.79. The van der Waals surface area contributed by atoms with Crippen LogP contribution in [0.3, 0.4) is 0 Å². The van der Waals surface area contributed by atoms with Crippen LogP contribution in [0.25, 0.3) is 0 Å². The Labute approximate surface area is 103 Å². The van der Waals surface area contributed by atoms with Crippen molar-refractivity contribution >= 4 is 23.2 Å². The maximum absolute atomic E-state index is 11.8. The molecular formula is C11H14N2O3S. The van der Waals surface area contributed by atoms with Crippen molar-refractivity contribution in [1.29, 1.82) is 0 Å². The molecule has 0 radical (unpaired) electrons. The summed E-state index contributed by atoms with van der Waals surface area (Å²) in [5.41, 5.74) is 0. The Morgan fingerprint density at radius 3 is 2.82 bits per heavy atom. The van der Waals surface area contributed by atoms with E-state index in [2.05, 4.69) is 10.3 Å². The highest BCUT2D eigenvalue weighted by Gasteiger charge is 2.33. The summed E-state index contributed by atoms with van der Waals surface area (Å²) in [5, 5.41) is 14.4. The topological polar surface area (TPSA) is 79.3 Å². The first-order valence-electron chi connectivity index (χ1n) is 5.55. The van der Waals surface area contributed by atoms with Gasteiger partial charge in [0, 0.05) is 17.5 Å². The third-order valence-corrected chi connectivity index (χ3v) is 3.83. The number of carboxylic acid groups (broad SMARTS) is 1. The molecule has 1 aliphatic carbocycles. The minimum absolute atomic E-state index is 0.0519. The van der Waals surface area contributed by atoms with E-state index in [1.807, 2.05) is 5.38 Å². The number of hydrogen-bond acceptors (Lipinski definition) is 4. The molecule has 2 unspecified atom stereocenters. The van der Waals surface area contributed by atoms with Gasteiger partial charge in [-0.25, -0.2) is 4.98 Å². The van der Waals surface area contributed by atoms with E-state index in [0.29, 0.717) is 25.8 Å². The summed E-state index contributed by atoms with van der Waals surface area (Å²) in [6, 6.07) is 0. The van der Waals surface area contributed by atoms with Gasteiger partial charge in [0.25, 0.3) is 0 Å². The third-order valence-electron chi connectivity index (χ3n) is 3.05. The summed E-state index contributed by atoms with van der Waals surface area (Å²) >= 11 is 1.49. The summed E-state index contributed by atoms with van der Waals surface area (Å²) in [4.78, 5) is 26.6. The van der Waals surface area contributed by atoms with Gasteiger partial charge in [-0.2, -0.15) is 0 Å². The van der Waals surface area contributed by atoms with Gasteiger partial charge in [0.2, 0.25) is 5.91 Å². The van der Waals surface area contributed by atoms with E-state index in [4.69, 9.17) is 5.11 Å². The Hall–Kier alpha value is -1.43. The molecule has 6 heteroatoms. The monoisotopic (exact) mass is 254 g/mol. The third kappa shape index (κ3) is 3.03. The number of carboxylic acids is 1. The number of carbonyl (C=O) groups excluding carboxylic acids is 1. The van der Waals surface area contributed by atoms with E-state index in [1.54, 1.807) is 6.20 Å². The van der Waals surface area contributed by atoms with E-state index >= 15 is 0 Å². The van der Waals surface area contributed by atoms with Crippen LogP contribution in [0, 0.1) is 11.8 Å². The number of aliphatic carboxylic acids is 1. The number of rotatable bonds is 4. The summed E-state index contributed by atoms with van der Waals surface area (Å²) in [6.07, 6.45) is 3.42. The van der Waals surface area contributed by atoms with Crippen molar-refractivity contribution in [3.63, 3.8) is 0 Å². The largest absolute Gasteiger partial charge is 0.481 e. The van der Waals surface area contributed by atoms with Gasteiger partial charge in [0.05, 0.1) is 12.5 Å². The maximum atomic E-state index is 11.8. The van der Waals surface area contributed by atoms with Crippen LogP contribution in [-0.2, 0) is 16.1 Å². The number of carbonyl (C=O) groups is 2. The molecule has 1 saturated carbocycles. The first-order chi connectivity index (χ1) is 8.16. The fourth-order valence-electron chi connectivity index (χ4n) is 2.09. The molecule has 17 heavy (non-hydrogen) atoms. The average molecular weight is 254 g/mol. The molecule has 5 nitrogen and oxygen atoms in total. The highest BCUT2D eigenvalue weighted by atomic mass is 32.1. The highest BCUT2D eigenvalue weighted by Crippen LogP contribution is 2.31. The average Bonchev–Trinajstić information content (AvgIpc) is 2.96. The normalized spacial score (nSPS) is 23.5. The second-order valence-corrected chi connectivity index (χ2v) is 5.17. The van der Waals surface area contributed by atoms with Crippen LogP contribution in [0.1, 0.15) is 24.3 Å². The Morgan fingerprint density at radius 1 is 1.47 bits per heavy atom. The van der Waals surface area contributed by atoms with Gasteiger partial charge in [-0.15, -0.1) is 11.3 Å². The molecule has 1 fully saturated rings. The molecule has 1 aromatic heterocycles. The highest BCUT2D eigenvalue weighted by molar-refractivity contribution is 7.09. The van der Waals surface area contributed by atoms with Crippen molar-refractivity contribution in [3.8, 4) is 0 Å². The number of amides is 1. The summed E-state index contributed by atoms with van der Waals surface area (Å²) in [6.45, 7) is 0.435. The molecule has 2 atom stereocenters. The summed E-state index contributed by atoms with van der Waals surface area (Å²) in [7, 11) is 0. The molecule has 1 amide bonds. The number of thiazole rings is 1. The molecule has 0 bridgehead atoms. The van der Waals surface area contributed by atoms with Gasteiger partial charge >= 0.3 is 5.97 Å². The maximum Gasteiger partial charge on any atom is 0.306 e. The minimum atomic E-state index is -0.791. The molecule has 0 spiro atoms. The standard InChI is InChI=1S/C11H14N2O3S/c14-10(13-6-9-12-3-4-17-9)7-1-2-8(5-7)11(15)16/h3-4,7-8H,1-2,5-6H2,(H,13,14)(H,15,16). The fourth-order valence-corrected chi connectivity index (χ4v) is 2.65. The van der Waals surface area contributed by atoms with Crippen LogP contribution >= 0.6 is 11.3 Å². The van der Waals surface area contributed by atoms with Gasteiger partial charge < -0.3 is 10.4 Å². The lowest BCUT2D eigenvalue weighted by Gasteiger charge is -2.09. The zero-order chi connectivity index (χ0) is 12.3. The van der Waals surface area contributed by atoms with Gasteiger partial charge in [0.1, 0.15) is 5.01 Å². The van der Waals surface area contributed by atoms with Crippen LogP contribution in [-0.4, -0.2) is 22.0 Å². The Kier molecular flexibility index (Phi) is 3.73. The van der Waals surface area contributed by atoms with Gasteiger partial charge in [-0.1, -0.05) is 0 Å². The van der Waals surface area contributed by atoms with E-state index in [-0.39, 0.29) is 17.7 Å². The number of nitrogens with one attached hydrogen (secondary N) is 1. The summed E-state index contributed by atoms with van der Waals surface area (Å²) in [5.74, 6) is -1.36. The number of hydrogen-bond donors (Lipinski definition) is 2. The SMILES string of the molecule is O=C(O)C1CCC(C(=O)NCc2nccs2)C1. The van der Waals surface area contributed by atoms with Crippen molar-refractivity contribution in [2.45, 2.75) is 25.8 Å². The second kappa shape index (κ2) is 5.27. The molecule has 1 aromatic rings. The zero-order valence-electron chi connectivity index (χ0n) is 9.26. The quantitative estimate of drug-likeness (QED) is 0.847. The second-order valence-electron chi connectivity index (χ2n) is 4.19. The van der Waals surface area contributed by atoms with Gasteiger partial charge in [-0.05, 0) is 19.3 Å². The van der Waals surface area contributed by atoms with Crippen molar-refractivity contribution in [3.05, 3.63) is 16.6 Å². The molecule has 92 valence electrons. The van der Waals surface area contributed by atoms with Gasteiger partial charge in [0.15, 0.2) is 0 Å². The molecule has 1 aliphatic rings. The van der Waals surface area contributed by atoms with Crippen LogP contribution < -0.4 is 5.32 Å². The van der Waals surface area contributed by atoms with Crippen LogP contribution in [0.4, 0.5) is 0 Å². The van der Waals surface area contributed by atoms with E-state index in [0.717, 1.165) is 5.01 Å². The number of nitrogens with zero attached hydrogens (tertiary/aromatic N) is 1. The van der Waals surface area contributed by atoms with Crippen molar-refractivity contribution < 1.29 is 14.7 Å². The molecule has 2 N–H and O–H groups in total. The van der Waals surface area contributed by atoms with Crippen molar-refractivity contribution in [2.75, 3.05) is 0 Å². The molecule has 1 heterocycles. The lowest BCUT2D eigenvalue weighted by Crippen LogP contribution is -2.29. The number of aromatic nitrogens is 1. The molecule has 0 aromatic carbocycles. The lowest BCUT2D eigenvalue weighted by atomic mass is 10.0. The van der Waals surface area contributed by atoms with E-state index in [9.17, 15) is 9.59 Å². The van der Waals surface area contributed by atoms with Crippen LogP contribution in [0.15, 0.2) is 11.6 Å². The predicted molar refractivity (Wildman–Crippen MR) is 62.4 cm³/mol.